The monoisotopic (exact) mass is 268 g/mol. The van der Waals surface area contributed by atoms with Crippen LogP contribution in [-0.2, 0) is 14.8 Å². The van der Waals surface area contributed by atoms with Crippen molar-refractivity contribution in [2.45, 2.75) is 12.7 Å². The molecule has 4 nitrogen and oxygen atoms in total. The van der Waals surface area contributed by atoms with Crippen molar-refractivity contribution in [2.75, 3.05) is 7.11 Å². The molecule has 0 atom stereocenters. The Morgan fingerprint density at radius 1 is 1.56 bits per heavy atom. The summed E-state index contributed by atoms with van der Waals surface area (Å²) in [6, 6.07) is 1.32. The van der Waals surface area contributed by atoms with Crippen molar-refractivity contribution in [2.24, 2.45) is 0 Å². The lowest BCUT2D eigenvalue weighted by molar-refractivity contribution is 0.360. The average Bonchev–Trinajstić information content (AvgIpc) is 2.12. The maximum absolute atomic E-state index is 13.5. The minimum atomic E-state index is -3.85. The molecular formula is C9H10ClFO4S. The van der Waals surface area contributed by atoms with Crippen molar-refractivity contribution < 1.29 is 22.7 Å². The van der Waals surface area contributed by atoms with Gasteiger partial charge in [-0.15, -0.1) is 0 Å². The Morgan fingerprint density at radius 2 is 2.12 bits per heavy atom. The summed E-state index contributed by atoms with van der Waals surface area (Å²) in [4.78, 5) is 0. The van der Waals surface area contributed by atoms with Gasteiger partial charge in [0.05, 0.1) is 12.9 Å². The molecule has 1 aromatic rings. The quantitative estimate of drug-likeness (QED) is 0.851. The third-order valence-electron chi connectivity index (χ3n) is 1.99. The summed E-state index contributed by atoms with van der Waals surface area (Å²) in [6.45, 7) is 1.53. The normalized spacial score (nSPS) is 11.5. The fourth-order valence-corrected chi connectivity index (χ4v) is 2.31. The number of phenols is 1. The molecule has 90 valence electrons. The molecule has 0 aliphatic heterocycles. The summed E-state index contributed by atoms with van der Waals surface area (Å²) in [5, 5.41) is 9.42. The minimum Gasteiger partial charge on any atom is -0.505 e. The molecule has 0 spiro atoms. The molecule has 0 radical (unpaired) electrons. The van der Waals surface area contributed by atoms with Crippen molar-refractivity contribution in [1.82, 2.24) is 0 Å². The van der Waals surface area contributed by atoms with Gasteiger partial charge in [-0.25, -0.2) is 8.42 Å². The summed E-state index contributed by atoms with van der Waals surface area (Å²) in [5.74, 6) is -2.50. The first-order chi connectivity index (χ1) is 7.26. The van der Waals surface area contributed by atoms with Crippen LogP contribution in [0.15, 0.2) is 6.07 Å². The van der Waals surface area contributed by atoms with Gasteiger partial charge in [0, 0.05) is 16.2 Å². The van der Waals surface area contributed by atoms with E-state index >= 15 is 0 Å². The van der Waals surface area contributed by atoms with Gasteiger partial charge in [0.15, 0.2) is 11.5 Å². The van der Waals surface area contributed by atoms with Crippen LogP contribution in [0.25, 0.3) is 0 Å². The summed E-state index contributed by atoms with van der Waals surface area (Å²) in [6.07, 6.45) is 0. The molecule has 0 aliphatic carbocycles. The third-order valence-corrected chi connectivity index (χ3v) is 2.98. The van der Waals surface area contributed by atoms with E-state index in [1.807, 2.05) is 0 Å². The van der Waals surface area contributed by atoms with Crippen molar-refractivity contribution in [3.05, 3.63) is 23.0 Å². The number of rotatable bonds is 3. The zero-order chi connectivity index (χ0) is 12.5. The molecule has 0 bridgehead atoms. The fourth-order valence-electron chi connectivity index (χ4n) is 1.36. The van der Waals surface area contributed by atoms with Gasteiger partial charge in [-0.05, 0) is 18.6 Å². The SMILES string of the molecule is COc1c(C)cc(CS(=O)(=O)Cl)c(O)c1F. The topological polar surface area (TPSA) is 63.6 Å². The number of aryl methyl sites for hydroxylation is 1. The second kappa shape index (κ2) is 4.47. The van der Waals surface area contributed by atoms with E-state index in [0.29, 0.717) is 5.56 Å². The molecule has 0 amide bonds. The summed E-state index contributed by atoms with van der Waals surface area (Å²) < 4.78 is 39.9. The molecule has 1 aromatic carbocycles. The van der Waals surface area contributed by atoms with Crippen LogP contribution in [0.5, 0.6) is 11.5 Å². The van der Waals surface area contributed by atoms with Gasteiger partial charge in [-0.1, -0.05) is 0 Å². The number of ether oxygens (including phenoxy) is 1. The zero-order valence-corrected chi connectivity index (χ0v) is 10.2. The predicted octanol–water partition coefficient (Wildman–Crippen LogP) is 1.92. The van der Waals surface area contributed by atoms with Gasteiger partial charge < -0.3 is 9.84 Å². The van der Waals surface area contributed by atoms with Crippen LogP contribution in [0.4, 0.5) is 4.39 Å². The third kappa shape index (κ3) is 2.76. The van der Waals surface area contributed by atoms with Gasteiger partial charge in [-0.3, -0.25) is 0 Å². The molecule has 7 heteroatoms. The molecule has 0 fully saturated rings. The largest absolute Gasteiger partial charge is 0.505 e. The van der Waals surface area contributed by atoms with Crippen molar-refractivity contribution in [1.29, 1.82) is 0 Å². The zero-order valence-electron chi connectivity index (χ0n) is 8.62. The Balaban J connectivity index is 3.34. The van der Waals surface area contributed by atoms with E-state index in [1.54, 1.807) is 0 Å². The average molecular weight is 269 g/mol. The summed E-state index contributed by atoms with van der Waals surface area (Å²) in [7, 11) is 2.43. The predicted molar refractivity (Wildman–Crippen MR) is 57.8 cm³/mol. The second-order valence-corrected chi connectivity index (χ2v) is 6.01. The van der Waals surface area contributed by atoms with Crippen LogP contribution in [0, 0.1) is 12.7 Å². The van der Waals surface area contributed by atoms with E-state index in [2.05, 4.69) is 0 Å². The standard InChI is InChI=1S/C9H10ClFO4S/c1-5-3-6(4-16(10,13)14)8(12)7(11)9(5)15-2/h3,12H,4H2,1-2H3. The van der Waals surface area contributed by atoms with Gasteiger partial charge in [0.25, 0.3) is 0 Å². The molecule has 0 saturated carbocycles. The molecule has 0 aliphatic rings. The molecule has 16 heavy (non-hydrogen) atoms. The number of halogens is 2. The highest BCUT2D eigenvalue weighted by Crippen LogP contribution is 2.34. The van der Waals surface area contributed by atoms with Gasteiger partial charge in [0.1, 0.15) is 0 Å². The number of phenolic OH excluding ortho intramolecular Hbond substituents is 1. The van der Waals surface area contributed by atoms with Crippen molar-refractivity contribution >= 4 is 19.7 Å². The molecule has 0 heterocycles. The van der Waals surface area contributed by atoms with E-state index in [0.717, 1.165) is 0 Å². The van der Waals surface area contributed by atoms with E-state index in [4.69, 9.17) is 15.4 Å². The summed E-state index contributed by atoms with van der Waals surface area (Å²) in [5.41, 5.74) is 0.291. The first kappa shape index (κ1) is 13.1. The van der Waals surface area contributed by atoms with E-state index in [9.17, 15) is 17.9 Å². The molecule has 1 rings (SSSR count). The highest BCUT2D eigenvalue weighted by atomic mass is 35.7. The maximum Gasteiger partial charge on any atom is 0.236 e. The van der Waals surface area contributed by atoms with Gasteiger partial charge >= 0.3 is 0 Å². The Hall–Kier alpha value is -1.01. The van der Waals surface area contributed by atoms with E-state index in [-0.39, 0.29) is 11.3 Å². The smallest absolute Gasteiger partial charge is 0.236 e. The van der Waals surface area contributed by atoms with Gasteiger partial charge in [0.2, 0.25) is 14.9 Å². The summed E-state index contributed by atoms with van der Waals surface area (Å²) >= 11 is 0. The highest BCUT2D eigenvalue weighted by Gasteiger charge is 2.19. The Bertz CT molecular complexity index is 513. The lowest BCUT2D eigenvalue weighted by atomic mass is 10.1. The second-order valence-electron chi connectivity index (χ2n) is 3.23. The van der Waals surface area contributed by atoms with Gasteiger partial charge in [-0.2, -0.15) is 4.39 Å². The lowest BCUT2D eigenvalue weighted by Gasteiger charge is -2.10. The first-order valence-electron chi connectivity index (χ1n) is 4.23. The van der Waals surface area contributed by atoms with Crippen LogP contribution in [-0.4, -0.2) is 20.6 Å². The minimum absolute atomic E-state index is 0.0919. The Labute approximate surface area is 97.0 Å². The number of benzene rings is 1. The van der Waals surface area contributed by atoms with E-state index in [1.165, 1.54) is 20.1 Å². The highest BCUT2D eigenvalue weighted by molar-refractivity contribution is 8.13. The maximum atomic E-state index is 13.5. The van der Waals surface area contributed by atoms with Crippen LogP contribution >= 0.6 is 10.7 Å². The number of hydrogen-bond acceptors (Lipinski definition) is 4. The molecule has 0 saturated heterocycles. The van der Waals surface area contributed by atoms with Crippen LogP contribution in [0.3, 0.4) is 0 Å². The molecule has 1 N–H and O–H groups in total. The van der Waals surface area contributed by atoms with Crippen molar-refractivity contribution in [3.63, 3.8) is 0 Å². The Kier molecular flexibility index (Phi) is 3.64. The Morgan fingerprint density at radius 3 is 2.56 bits per heavy atom. The number of hydrogen-bond donors (Lipinski definition) is 1. The molecule has 0 aromatic heterocycles. The molecule has 0 unspecified atom stereocenters. The fraction of sp³-hybridized carbons (Fsp3) is 0.333. The first-order valence-corrected chi connectivity index (χ1v) is 6.71. The number of methoxy groups -OCH3 is 1. The van der Waals surface area contributed by atoms with Crippen LogP contribution < -0.4 is 4.74 Å². The number of aromatic hydroxyl groups is 1. The van der Waals surface area contributed by atoms with E-state index < -0.39 is 26.4 Å². The van der Waals surface area contributed by atoms with Crippen LogP contribution in [0.1, 0.15) is 11.1 Å². The van der Waals surface area contributed by atoms with Crippen molar-refractivity contribution in [3.8, 4) is 11.5 Å². The van der Waals surface area contributed by atoms with Crippen LogP contribution in [0.2, 0.25) is 0 Å². The lowest BCUT2D eigenvalue weighted by Crippen LogP contribution is -2.00. The molecular weight excluding hydrogens is 259 g/mol.